The Labute approximate surface area is 142 Å². The third-order valence-corrected chi connectivity index (χ3v) is 5.09. The number of nitrogens with one attached hydrogen (secondary N) is 2. The lowest BCUT2D eigenvalue weighted by Crippen LogP contribution is -2.28. The Balaban J connectivity index is 1.63. The van der Waals surface area contributed by atoms with Crippen molar-refractivity contribution in [2.45, 2.75) is 64.2 Å². The zero-order chi connectivity index (χ0) is 16.8. The van der Waals surface area contributed by atoms with Crippen LogP contribution in [0.4, 0.5) is 11.5 Å². The zero-order valence-corrected chi connectivity index (χ0v) is 14.0. The lowest BCUT2D eigenvalue weighted by molar-refractivity contribution is -0.121. The van der Waals surface area contributed by atoms with Crippen molar-refractivity contribution in [1.29, 1.82) is 0 Å². The summed E-state index contributed by atoms with van der Waals surface area (Å²) in [5.41, 5.74) is 0.435. The average molecular weight is 331 g/mol. The molecule has 0 bridgehead atoms. The van der Waals surface area contributed by atoms with Crippen molar-refractivity contribution in [2.24, 2.45) is 11.8 Å². The van der Waals surface area contributed by atoms with Gasteiger partial charge in [-0.1, -0.05) is 38.5 Å². The Hall–Kier alpha value is -2.05. The first kappa shape index (κ1) is 16.8. The molecular formula is C17H25N5O2. The van der Waals surface area contributed by atoms with Crippen molar-refractivity contribution >= 4 is 23.3 Å². The van der Waals surface area contributed by atoms with Crippen LogP contribution in [0.1, 0.15) is 64.2 Å². The molecule has 24 heavy (non-hydrogen) atoms. The van der Waals surface area contributed by atoms with E-state index in [1.165, 1.54) is 19.0 Å². The number of hydrogen-bond donors (Lipinski definition) is 2. The van der Waals surface area contributed by atoms with Crippen LogP contribution >= 0.6 is 0 Å². The summed E-state index contributed by atoms with van der Waals surface area (Å²) in [5, 5.41) is 16.9. The van der Waals surface area contributed by atoms with Gasteiger partial charge in [0.15, 0.2) is 5.82 Å². The Kier molecular flexibility index (Phi) is 5.72. The summed E-state index contributed by atoms with van der Waals surface area (Å²) in [6, 6.07) is 0. The van der Waals surface area contributed by atoms with Gasteiger partial charge in [-0.3, -0.25) is 9.59 Å². The fourth-order valence-electron chi connectivity index (χ4n) is 3.64. The second kappa shape index (κ2) is 8.17. The van der Waals surface area contributed by atoms with Crippen LogP contribution in [0, 0.1) is 11.8 Å². The van der Waals surface area contributed by atoms with Crippen LogP contribution in [0.15, 0.2) is 6.20 Å². The Morgan fingerprint density at radius 2 is 1.38 bits per heavy atom. The molecule has 3 rings (SSSR count). The van der Waals surface area contributed by atoms with E-state index in [-0.39, 0.29) is 23.7 Å². The van der Waals surface area contributed by atoms with Crippen LogP contribution < -0.4 is 10.6 Å². The van der Waals surface area contributed by atoms with Gasteiger partial charge in [0.1, 0.15) is 5.69 Å². The van der Waals surface area contributed by atoms with Gasteiger partial charge in [0.25, 0.3) is 0 Å². The maximum Gasteiger partial charge on any atom is 0.228 e. The van der Waals surface area contributed by atoms with Gasteiger partial charge in [-0.25, -0.2) is 0 Å². The molecular weight excluding hydrogens is 306 g/mol. The molecule has 0 aliphatic heterocycles. The average Bonchev–Trinajstić information content (AvgIpc) is 2.64. The highest BCUT2D eigenvalue weighted by Crippen LogP contribution is 2.28. The first-order valence-electron chi connectivity index (χ1n) is 9.04. The molecule has 0 radical (unpaired) electrons. The molecule has 2 aliphatic rings. The van der Waals surface area contributed by atoms with Gasteiger partial charge in [0, 0.05) is 11.8 Å². The van der Waals surface area contributed by atoms with Crippen molar-refractivity contribution in [3.63, 3.8) is 0 Å². The van der Waals surface area contributed by atoms with E-state index in [0.717, 1.165) is 51.4 Å². The highest BCUT2D eigenvalue weighted by molar-refractivity contribution is 5.99. The fourth-order valence-corrected chi connectivity index (χ4v) is 3.64. The molecule has 2 aliphatic carbocycles. The smallest absolute Gasteiger partial charge is 0.228 e. The monoisotopic (exact) mass is 331 g/mol. The Morgan fingerprint density at radius 3 is 1.96 bits per heavy atom. The standard InChI is InChI=1S/C17H25N5O2/c23-16(12-7-3-1-4-8-12)19-14-11-18-22-21-15(14)20-17(24)13-9-5-2-6-10-13/h11-13H,1-10H2,(H,19,22,23)(H,18,20,21,24). The molecule has 0 unspecified atom stereocenters. The predicted molar refractivity (Wildman–Crippen MR) is 90.2 cm³/mol. The van der Waals surface area contributed by atoms with Gasteiger partial charge < -0.3 is 10.6 Å². The van der Waals surface area contributed by atoms with Crippen molar-refractivity contribution < 1.29 is 9.59 Å². The molecule has 2 saturated carbocycles. The number of anilines is 2. The molecule has 130 valence electrons. The van der Waals surface area contributed by atoms with Crippen molar-refractivity contribution in [3.05, 3.63) is 6.20 Å². The number of nitrogens with zero attached hydrogens (tertiary/aromatic N) is 3. The van der Waals surface area contributed by atoms with Crippen molar-refractivity contribution in [3.8, 4) is 0 Å². The van der Waals surface area contributed by atoms with Gasteiger partial charge in [-0.15, -0.1) is 10.2 Å². The van der Waals surface area contributed by atoms with E-state index in [9.17, 15) is 9.59 Å². The van der Waals surface area contributed by atoms with Crippen LogP contribution in [-0.4, -0.2) is 27.2 Å². The lowest BCUT2D eigenvalue weighted by atomic mass is 9.88. The minimum atomic E-state index is -0.0386. The second-order valence-electron chi connectivity index (χ2n) is 6.84. The third-order valence-electron chi connectivity index (χ3n) is 5.09. The van der Waals surface area contributed by atoms with Crippen LogP contribution in [-0.2, 0) is 9.59 Å². The Morgan fingerprint density at radius 1 is 0.833 bits per heavy atom. The molecule has 0 aromatic carbocycles. The summed E-state index contributed by atoms with van der Waals surface area (Å²) >= 11 is 0. The summed E-state index contributed by atoms with van der Waals surface area (Å²) in [5.74, 6) is 0.301. The zero-order valence-electron chi connectivity index (χ0n) is 14.0. The maximum atomic E-state index is 12.4. The van der Waals surface area contributed by atoms with Gasteiger partial charge in [0.05, 0.1) is 6.20 Å². The third kappa shape index (κ3) is 4.27. The van der Waals surface area contributed by atoms with E-state index in [1.807, 2.05) is 0 Å². The van der Waals surface area contributed by atoms with Gasteiger partial charge in [-0.05, 0) is 30.9 Å². The molecule has 1 aromatic rings. The first-order valence-corrected chi connectivity index (χ1v) is 9.04. The second-order valence-corrected chi connectivity index (χ2v) is 6.84. The summed E-state index contributed by atoms with van der Waals surface area (Å²) < 4.78 is 0. The maximum absolute atomic E-state index is 12.4. The number of rotatable bonds is 4. The molecule has 2 N–H and O–H groups in total. The van der Waals surface area contributed by atoms with E-state index >= 15 is 0 Å². The van der Waals surface area contributed by atoms with E-state index in [4.69, 9.17) is 0 Å². The van der Waals surface area contributed by atoms with Gasteiger partial charge >= 0.3 is 0 Å². The molecule has 0 saturated heterocycles. The number of carbonyl (C=O) groups is 2. The summed E-state index contributed by atoms with van der Waals surface area (Å²) in [7, 11) is 0. The minimum absolute atomic E-state index is 0.0161. The van der Waals surface area contributed by atoms with Crippen molar-refractivity contribution in [1.82, 2.24) is 15.4 Å². The van der Waals surface area contributed by atoms with E-state index < -0.39 is 0 Å². The SMILES string of the molecule is O=C(Nc1cnnnc1NC(=O)C1CCCCC1)C1CCCCC1. The molecule has 7 heteroatoms. The summed E-state index contributed by atoms with van der Waals surface area (Å²) in [6.45, 7) is 0. The highest BCUT2D eigenvalue weighted by Gasteiger charge is 2.25. The van der Waals surface area contributed by atoms with Crippen LogP contribution in [0.5, 0.6) is 0 Å². The normalized spacial score (nSPS) is 19.7. The molecule has 0 atom stereocenters. The molecule has 2 amide bonds. The number of carbonyl (C=O) groups excluding carboxylic acids is 2. The topological polar surface area (TPSA) is 96.9 Å². The number of hydrogen-bond acceptors (Lipinski definition) is 5. The largest absolute Gasteiger partial charge is 0.321 e. The van der Waals surface area contributed by atoms with E-state index in [1.54, 1.807) is 0 Å². The quantitative estimate of drug-likeness (QED) is 0.884. The lowest BCUT2D eigenvalue weighted by Gasteiger charge is -2.22. The molecule has 1 aromatic heterocycles. The minimum Gasteiger partial charge on any atom is -0.321 e. The predicted octanol–water partition coefficient (Wildman–Crippen LogP) is 2.91. The van der Waals surface area contributed by atoms with Gasteiger partial charge in [0.2, 0.25) is 11.8 Å². The van der Waals surface area contributed by atoms with Crippen molar-refractivity contribution in [2.75, 3.05) is 10.6 Å². The molecule has 2 fully saturated rings. The first-order chi connectivity index (χ1) is 11.7. The van der Waals surface area contributed by atoms with E-state index in [0.29, 0.717) is 11.5 Å². The molecule has 0 spiro atoms. The molecule has 7 nitrogen and oxygen atoms in total. The Bertz CT molecular complexity index is 529. The van der Waals surface area contributed by atoms with Crippen LogP contribution in [0.3, 0.4) is 0 Å². The summed E-state index contributed by atoms with van der Waals surface area (Å²) in [4.78, 5) is 24.8. The van der Waals surface area contributed by atoms with Crippen LogP contribution in [0.25, 0.3) is 0 Å². The van der Waals surface area contributed by atoms with Gasteiger partial charge in [-0.2, -0.15) is 0 Å². The number of amides is 2. The fraction of sp³-hybridized carbons (Fsp3) is 0.706. The van der Waals surface area contributed by atoms with Crippen LogP contribution in [0.2, 0.25) is 0 Å². The number of aromatic nitrogens is 3. The molecule has 1 heterocycles. The highest BCUT2D eigenvalue weighted by atomic mass is 16.2. The summed E-state index contributed by atoms with van der Waals surface area (Å²) in [6.07, 6.45) is 11.9. The van der Waals surface area contributed by atoms with E-state index in [2.05, 4.69) is 26.0 Å².